The summed E-state index contributed by atoms with van der Waals surface area (Å²) in [7, 11) is -3.90. The first kappa shape index (κ1) is 19.4. The van der Waals surface area contributed by atoms with E-state index >= 15 is 0 Å². The van der Waals surface area contributed by atoms with E-state index in [-0.39, 0.29) is 23.0 Å². The fraction of sp³-hybridized carbons (Fsp3) is 0.684. The van der Waals surface area contributed by atoms with Crippen LogP contribution < -0.4 is 15.4 Å². The summed E-state index contributed by atoms with van der Waals surface area (Å²) in [6.45, 7) is 3.44. The third kappa shape index (κ3) is 3.57. The molecular formula is C19H29N5O3S. The Bertz CT molecular complexity index is 853. The predicted octanol–water partition coefficient (Wildman–Crippen LogP) is 2.51. The molecule has 8 nitrogen and oxygen atoms in total. The van der Waals surface area contributed by atoms with Crippen LogP contribution in [0.4, 0.5) is 16.3 Å². The maximum Gasteiger partial charge on any atom is 0.325 e. The van der Waals surface area contributed by atoms with Crippen molar-refractivity contribution >= 4 is 27.6 Å². The Kier molecular flexibility index (Phi) is 5.22. The average molecular weight is 408 g/mol. The van der Waals surface area contributed by atoms with Crippen molar-refractivity contribution in [1.82, 2.24) is 9.88 Å². The molecule has 2 amide bonds. The minimum Gasteiger partial charge on any atom is -0.366 e. The first-order chi connectivity index (χ1) is 13.4. The van der Waals surface area contributed by atoms with E-state index in [1.165, 1.54) is 31.5 Å². The van der Waals surface area contributed by atoms with Crippen molar-refractivity contribution in [3.8, 4) is 0 Å². The second-order valence-corrected chi connectivity index (χ2v) is 9.83. The molecule has 2 unspecified atom stereocenters. The molecule has 1 saturated carbocycles. The SMILES string of the molecule is CC1CCCN1C(=O)N1c2cc(S(N)(=O)=O)cnc2NCC1C1CCCCC1. The molecule has 0 bridgehead atoms. The van der Waals surface area contributed by atoms with Gasteiger partial charge in [0.1, 0.15) is 10.7 Å². The van der Waals surface area contributed by atoms with Crippen molar-refractivity contribution in [2.45, 2.75) is 68.8 Å². The van der Waals surface area contributed by atoms with Gasteiger partial charge in [0.2, 0.25) is 10.0 Å². The Hall–Kier alpha value is -1.87. The molecule has 1 aromatic heterocycles. The van der Waals surface area contributed by atoms with Crippen molar-refractivity contribution in [2.24, 2.45) is 11.1 Å². The van der Waals surface area contributed by atoms with Crippen LogP contribution in [0.2, 0.25) is 0 Å². The summed E-state index contributed by atoms with van der Waals surface area (Å²) in [5.74, 6) is 0.939. The first-order valence-corrected chi connectivity index (χ1v) is 11.8. The number of carbonyl (C=O) groups excluding carboxylic acids is 1. The molecule has 3 N–H and O–H groups in total. The van der Waals surface area contributed by atoms with Gasteiger partial charge in [-0.3, -0.25) is 4.90 Å². The van der Waals surface area contributed by atoms with Gasteiger partial charge in [-0.2, -0.15) is 0 Å². The van der Waals surface area contributed by atoms with Crippen LogP contribution in [0.1, 0.15) is 51.9 Å². The van der Waals surface area contributed by atoms with Crippen molar-refractivity contribution in [3.63, 3.8) is 0 Å². The number of hydrogen-bond donors (Lipinski definition) is 2. The number of hydrogen-bond acceptors (Lipinski definition) is 5. The predicted molar refractivity (Wildman–Crippen MR) is 108 cm³/mol. The Morgan fingerprint density at radius 3 is 2.61 bits per heavy atom. The quantitative estimate of drug-likeness (QED) is 0.783. The second-order valence-electron chi connectivity index (χ2n) is 8.27. The first-order valence-electron chi connectivity index (χ1n) is 10.2. The van der Waals surface area contributed by atoms with E-state index in [0.29, 0.717) is 24.0 Å². The number of pyridine rings is 1. The summed E-state index contributed by atoms with van der Waals surface area (Å²) >= 11 is 0. The van der Waals surface area contributed by atoms with Gasteiger partial charge in [-0.1, -0.05) is 19.3 Å². The number of anilines is 2. The molecule has 3 heterocycles. The van der Waals surface area contributed by atoms with E-state index in [4.69, 9.17) is 5.14 Å². The lowest BCUT2D eigenvalue weighted by atomic mass is 9.82. The fourth-order valence-electron chi connectivity index (χ4n) is 4.88. The van der Waals surface area contributed by atoms with Crippen LogP contribution in [0.5, 0.6) is 0 Å². The number of urea groups is 1. The van der Waals surface area contributed by atoms with E-state index in [9.17, 15) is 13.2 Å². The number of likely N-dealkylation sites (tertiary alicyclic amines) is 1. The van der Waals surface area contributed by atoms with Gasteiger partial charge >= 0.3 is 6.03 Å². The van der Waals surface area contributed by atoms with Gasteiger partial charge in [-0.15, -0.1) is 0 Å². The van der Waals surface area contributed by atoms with Crippen LogP contribution in [-0.4, -0.2) is 49.5 Å². The Morgan fingerprint density at radius 2 is 1.96 bits per heavy atom. The highest BCUT2D eigenvalue weighted by Crippen LogP contribution is 2.39. The zero-order valence-corrected chi connectivity index (χ0v) is 17.1. The van der Waals surface area contributed by atoms with Gasteiger partial charge in [0.15, 0.2) is 0 Å². The highest BCUT2D eigenvalue weighted by molar-refractivity contribution is 7.89. The van der Waals surface area contributed by atoms with E-state index in [1.807, 2.05) is 9.80 Å². The molecule has 4 rings (SSSR count). The number of aromatic nitrogens is 1. The number of nitrogens with zero attached hydrogens (tertiary/aromatic N) is 3. The molecule has 9 heteroatoms. The summed E-state index contributed by atoms with van der Waals surface area (Å²) in [6, 6.07) is 1.63. The molecule has 0 spiro atoms. The molecule has 154 valence electrons. The Balaban J connectivity index is 1.76. The Labute approximate surface area is 166 Å². The van der Waals surface area contributed by atoms with Crippen LogP contribution >= 0.6 is 0 Å². The molecule has 0 radical (unpaired) electrons. The third-order valence-electron chi connectivity index (χ3n) is 6.44. The van der Waals surface area contributed by atoms with Crippen molar-refractivity contribution in [1.29, 1.82) is 0 Å². The highest BCUT2D eigenvalue weighted by atomic mass is 32.2. The molecule has 28 heavy (non-hydrogen) atoms. The van der Waals surface area contributed by atoms with Crippen LogP contribution in [0.15, 0.2) is 17.2 Å². The normalized spacial score (nSPS) is 26.1. The summed E-state index contributed by atoms with van der Waals surface area (Å²) in [5, 5.41) is 8.65. The van der Waals surface area contributed by atoms with Crippen molar-refractivity contribution in [2.75, 3.05) is 23.3 Å². The summed E-state index contributed by atoms with van der Waals surface area (Å²) in [6.07, 6.45) is 9.00. The molecular weight excluding hydrogens is 378 g/mol. The number of amides is 2. The van der Waals surface area contributed by atoms with Gasteiger partial charge in [-0.25, -0.2) is 23.3 Å². The van der Waals surface area contributed by atoms with Crippen LogP contribution in [-0.2, 0) is 10.0 Å². The minimum atomic E-state index is -3.90. The van der Waals surface area contributed by atoms with Gasteiger partial charge in [-0.05, 0) is 44.6 Å². The number of nitrogens with two attached hydrogens (primary N) is 1. The number of fused-ring (bicyclic) bond motifs is 1. The molecule has 1 saturated heterocycles. The summed E-state index contributed by atoms with van der Waals surface area (Å²) in [4.78, 5) is 21.5. The van der Waals surface area contributed by atoms with Crippen LogP contribution in [0, 0.1) is 5.92 Å². The number of carbonyl (C=O) groups is 1. The van der Waals surface area contributed by atoms with Gasteiger partial charge in [0, 0.05) is 25.3 Å². The lowest BCUT2D eigenvalue weighted by Gasteiger charge is -2.44. The largest absolute Gasteiger partial charge is 0.366 e. The highest BCUT2D eigenvalue weighted by Gasteiger charge is 2.41. The van der Waals surface area contributed by atoms with Crippen LogP contribution in [0.25, 0.3) is 0 Å². The number of sulfonamides is 1. The molecule has 2 aliphatic heterocycles. The Morgan fingerprint density at radius 1 is 1.21 bits per heavy atom. The summed E-state index contributed by atoms with van der Waals surface area (Å²) < 4.78 is 23.8. The van der Waals surface area contributed by atoms with Gasteiger partial charge in [0.25, 0.3) is 0 Å². The van der Waals surface area contributed by atoms with Crippen LogP contribution in [0.3, 0.4) is 0 Å². The monoisotopic (exact) mass is 407 g/mol. The molecule has 3 aliphatic rings. The maximum atomic E-state index is 13.6. The number of nitrogens with one attached hydrogen (secondary N) is 1. The van der Waals surface area contributed by atoms with E-state index < -0.39 is 10.0 Å². The van der Waals surface area contributed by atoms with Crippen molar-refractivity contribution < 1.29 is 13.2 Å². The second kappa shape index (κ2) is 7.51. The molecule has 1 aromatic rings. The van der Waals surface area contributed by atoms with E-state index in [2.05, 4.69) is 17.2 Å². The lowest BCUT2D eigenvalue weighted by molar-refractivity contribution is 0.193. The van der Waals surface area contributed by atoms with E-state index in [1.54, 1.807) is 0 Å². The number of primary sulfonamides is 1. The topological polar surface area (TPSA) is 109 Å². The fourth-order valence-corrected chi connectivity index (χ4v) is 5.35. The molecule has 2 atom stereocenters. The smallest absolute Gasteiger partial charge is 0.325 e. The minimum absolute atomic E-state index is 0.00868. The zero-order chi connectivity index (χ0) is 19.9. The average Bonchev–Trinajstić information content (AvgIpc) is 3.12. The molecule has 1 aliphatic carbocycles. The lowest BCUT2D eigenvalue weighted by Crippen LogP contribution is -2.56. The molecule has 2 fully saturated rings. The van der Waals surface area contributed by atoms with Gasteiger partial charge in [0.05, 0.1) is 11.7 Å². The zero-order valence-electron chi connectivity index (χ0n) is 16.3. The third-order valence-corrected chi connectivity index (χ3v) is 7.32. The number of rotatable bonds is 2. The molecule has 0 aromatic carbocycles. The van der Waals surface area contributed by atoms with E-state index in [0.717, 1.165) is 32.2 Å². The van der Waals surface area contributed by atoms with Gasteiger partial charge < -0.3 is 10.2 Å². The maximum absolute atomic E-state index is 13.6. The van der Waals surface area contributed by atoms with Crippen molar-refractivity contribution in [3.05, 3.63) is 12.3 Å². The standard InChI is InChI=1S/C19H29N5O3S/c1-13-6-5-9-23(13)19(25)24-16-10-15(28(20,26)27)11-21-18(16)22-12-17(24)14-7-3-2-4-8-14/h10-11,13-14,17H,2-9,12H2,1H3,(H,21,22)(H2,20,26,27). The summed E-state index contributed by atoms with van der Waals surface area (Å²) in [5.41, 5.74) is 0.525.